The third-order valence-corrected chi connectivity index (χ3v) is 5.02. The van der Waals surface area contributed by atoms with Gasteiger partial charge in [0.1, 0.15) is 16.7 Å². The van der Waals surface area contributed by atoms with Crippen molar-refractivity contribution in [3.63, 3.8) is 0 Å². The summed E-state index contributed by atoms with van der Waals surface area (Å²) >= 11 is 12.1. The van der Waals surface area contributed by atoms with Crippen molar-refractivity contribution in [2.24, 2.45) is 12.0 Å². The molecule has 0 radical (unpaired) electrons. The van der Waals surface area contributed by atoms with Gasteiger partial charge in [-0.15, -0.1) is 24.0 Å². The summed E-state index contributed by atoms with van der Waals surface area (Å²) in [7, 11) is 4.97. The smallest absolute Gasteiger partial charge is 0.191 e. The average molecular weight is 557 g/mol. The van der Waals surface area contributed by atoms with Crippen LogP contribution < -0.4 is 20.1 Å². The van der Waals surface area contributed by atoms with Gasteiger partial charge in [0.2, 0.25) is 0 Å². The molecule has 2 rings (SSSR count). The molecular formula is C19H27Cl2IN4O3. The van der Waals surface area contributed by atoms with Gasteiger partial charge in [-0.05, 0) is 30.7 Å². The Morgan fingerprint density at radius 3 is 2.24 bits per heavy atom. The summed E-state index contributed by atoms with van der Waals surface area (Å²) in [5, 5.41) is 17.8. The molecular weight excluding hydrogens is 530 g/mol. The van der Waals surface area contributed by atoms with Crippen molar-refractivity contribution in [2.45, 2.75) is 19.6 Å². The van der Waals surface area contributed by atoms with Crippen LogP contribution in [0.15, 0.2) is 29.3 Å². The average Bonchev–Trinajstić information content (AvgIpc) is 2.95. The zero-order valence-electron chi connectivity index (χ0n) is 16.8. The molecule has 162 valence electrons. The maximum atomic E-state index is 10.6. The summed E-state index contributed by atoms with van der Waals surface area (Å²) in [6, 6.07) is 7.08. The molecule has 0 aliphatic heterocycles. The molecule has 3 N–H and O–H groups in total. The zero-order chi connectivity index (χ0) is 20.7. The van der Waals surface area contributed by atoms with Crippen LogP contribution in [0.5, 0.6) is 11.5 Å². The van der Waals surface area contributed by atoms with Crippen LogP contribution in [0.3, 0.4) is 0 Å². The van der Waals surface area contributed by atoms with Crippen molar-refractivity contribution in [3.05, 3.63) is 45.7 Å². The van der Waals surface area contributed by atoms with Crippen LogP contribution in [0, 0.1) is 0 Å². The number of nitrogens with zero attached hydrogens (tertiary/aromatic N) is 2. The molecule has 0 saturated heterocycles. The molecule has 2 aromatic rings. The molecule has 1 heterocycles. The number of nitrogens with one attached hydrogen (secondary N) is 2. The second kappa shape index (κ2) is 12.4. The maximum Gasteiger partial charge on any atom is 0.191 e. The molecule has 10 heteroatoms. The van der Waals surface area contributed by atoms with E-state index in [0.717, 1.165) is 5.69 Å². The van der Waals surface area contributed by atoms with Gasteiger partial charge in [-0.2, -0.15) is 0 Å². The highest BCUT2D eigenvalue weighted by atomic mass is 127. The molecule has 1 aromatic carbocycles. The normalized spacial score (nSPS) is 12.2. The van der Waals surface area contributed by atoms with Crippen LogP contribution in [-0.4, -0.2) is 42.9 Å². The Morgan fingerprint density at radius 2 is 1.76 bits per heavy atom. The van der Waals surface area contributed by atoms with Gasteiger partial charge < -0.3 is 29.8 Å². The molecule has 7 nitrogen and oxygen atoms in total. The number of hydrogen-bond acceptors (Lipinski definition) is 4. The second-order valence-electron chi connectivity index (χ2n) is 6.07. The third kappa shape index (κ3) is 7.13. The molecule has 0 amide bonds. The van der Waals surface area contributed by atoms with Crippen LogP contribution in [-0.2, 0) is 13.6 Å². The predicted molar refractivity (Wildman–Crippen MR) is 128 cm³/mol. The van der Waals surface area contributed by atoms with Gasteiger partial charge in [-0.25, -0.2) is 4.99 Å². The first-order valence-electron chi connectivity index (χ1n) is 8.82. The Bertz CT molecular complexity index is 808. The predicted octanol–water partition coefficient (Wildman–Crippen LogP) is 3.76. The number of benzene rings is 1. The van der Waals surface area contributed by atoms with Gasteiger partial charge in [0.15, 0.2) is 5.96 Å². The summed E-state index contributed by atoms with van der Waals surface area (Å²) in [5.41, 5.74) is 1.56. The third-order valence-electron chi connectivity index (χ3n) is 4.18. The van der Waals surface area contributed by atoms with E-state index in [9.17, 15) is 5.11 Å². The molecule has 1 atom stereocenters. The Labute approximate surface area is 198 Å². The van der Waals surface area contributed by atoms with Gasteiger partial charge >= 0.3 is 0 Å². The summed E-state index contributed by atoms with van der Waals surface area (Å²) in [4.78, 5) is 4.53. The molecule has 1 aromatic heterocycles. The number of aliphatic imine (C=N–C) groups is 1. The SMILES string of the molecule is CCNC(=NCc1cc(Cl)c(Cl)n1C)NCC(O)c1cc(OC)cc(OC)c1.I. The quantitative estimate of drug-likeness (QED) is 0.262. The van der Waals surface area contributed by atoms with Gasteiger partial charge in [0.05, 0.1) is 31.9 Å². The Hall–Kier alpha value is -1.36. The fourth-order valence-electron chi connectivity index (χ4n) is 2.58. The molecule has 0 saturated carbocycles. The number of ether oxygens (including phenoxy) is 2. The topological polar surface area (TPSA) is 80.0 Å². The highest BCUT2D eigenvalue weighted by molar-refractivity contribution is 14.0. The van der Waals surface area contributed by atoms with Crippen molar-refractivity contribution >= 4 is 53.1 Å². The van der Waals surface area contributed by atoms with Crippen LogP contribution >= 0.6 is 47.2 Å². The first-order chi connectivity index (χ1) is 13.4. The number of rotatable bonds is 8. The fourth-order valence-corrected chi connectivity index (χ4v) is 2.99. The second-order valence-corrected chi connectivity index (χ2v) is 6.84. The first kappa shape index (κ1) is 25.7. The van der Waals surface area contributed by atoms with Gasteiger partial charge in [-0.1, -0.05) is 23.2 Å². The van der Waals surface area contributed by atoms with E-state index in [2.05, 4.69) is 15.6 Å². The number of aliphatic hydroxyl groups is 1. The highest BCUT2D eigenvalue weighted by Gasteiger charge is 2.13. The number of aliphatic hydroxyl groups excluding tert-OH is 1. The molecule has 0 spiro atoms. The monoisotopic (exact) mass is 556 g/mol. The summed E-state index contributed by atoms with van der Waals surface area (Å²) in [6.45, 7) is 3.30. The van der Waals surface area contributed by atoms with Crippen LogP contribution in [0.25, 0.3) is 0 Å². The van der Waals surface area contributed by atoms with E-state index >= 15 is 0 Å². The van der Waals surface area contributed by atoms with Gasteiger partial charge in [0.25, 0.3) is 0 Å². The van der Waals surface area contributed by atoms with Crippen molar-refractivity contribution in [1.29, 1.82) is 0 Å². The summed E-state index contributed by atoms with van der Waals surface area (Å²) in [5.74, 6) is 1.81. The molecule has 0 bridgehead atoms. The summed E-state index contributed by atoms with van der Waals surface area (Å²) < 4.78 is 12.3. The Balaban J connectivity index is 0.00000420. The van der Waals surface area contributed by atoms with Crippen molar-refractivity contribution in [3.8, 4) is 11.5 Å². The van der Waals surface area contributed by atoms with Crippen LogP contribution in [0.1, 0.15) is 24.3 Å². The number of methoxy groups -OCH3 is 2. The molecule has 0 aliphatic rings. The van der Waals surface area contributed by atoms with Crippen LogP contribution in [0.4, 0.5) is 0 Å². The zero-order valence-corrected chi connectivity index (χ0v) is 20.7. The fraction of sp³-hybridized carbons (Fsp3) is 0.421. The maximum absolute atomic E-state index is 10.6. The lowest BCUT2D eigenvalue weighted by Crippen LogP contribution is -2.39. The Kier molecular flexibility index (Phi) is 10.9. The minimum Gasteiger partial charge on any atom is -0.497 e. The molecule has 1 unspecified atom stereocenters. The minimum absolute atomic E-state index is 0. The van der Waals surface area contributed by atoms with E-state index in [0.29, 0.717) is 46.3 Å². The van der Waals surface area contributed by atoms with E-state index in [1.165, 1.54) is 0 Å². The van der Waals surface area contributed by atoms with Gasteiger partial charge in [-0.3, -0.25) is 0 Å². The van der Waals surface area contributed by atoms with Crippen molar-refractivity contribution in [2.75, 3.05) is 27.3 Å². The Morgan fingerprint density at radius 1 is 1.14 bits per heavy atom. The number of guanidine groups is 1. The lowest BCUT2D eigenvalue weighted by Gasteiger charge is -2.17. The van der Waals surface area contributed by atoms with Crippen molar-refractivity contribution in [1.82, 2.24) is 15.2 Å². The lowest BCUT2D eigenvalue weighted by molar-refractivity contribution is 0.180. The molecule has 0 fully saturated rings. The van der Waals surface area contributed by atoms with E-state index in [1.54, 1.807) is 43.1 Å². The minimum atomic E-state index is -0.771. The van der Waals surface area contributed by atoms with E-state index in [-0.39, 0.29) is 30.5 Å². The van der Waals surface area contributed by atoms with Crippen molar-refractivity contribution < 1.29 is 14.6 Å². The summed E-state index contributed by atoms with van der Waals surface area (Å²) in [6.07, 6.45) is -0.771. The number of aromatic nitrogens is 1. The number of hydrogen-bond donors (Lipinski definition) is 3. The molecule has 0 aliphatic carbocycles. The van der Waals surface area contributed by atoms with E-state index in [4.69, 9.17) is 32.7 Å². The van der Waals surface area contributed by atoms with E-state index in [1.807, 2.05) is 14.0 Å². The largest absolute Gasteiger partial charge is 0.497 e. The first-order valence-corrected chi connectivity index (χ1v) is 9.58. The number of halogens is 3. The standard InChI is InChI=1S/C19H26Cl2N4O3.HI/c1-5-22-19(23-10-13-8-16(20)18(21)25(13)2)24-11-17(26)12-6-14(27-3)9-15(7-12)28-4;/h6-9,17,26H,5,10-11H2,1-4H3,(H2,22,23,24);1H. The highest BCUT2D eigenvalue weighted by Crippen LogP contribution is 2.27. The molecule has 29 heavy (non-hydrogen) atoms. The lowest BCUT2D eigenvalue weighted by atomic mass is 10.1. The van der Waals surface area contributed by atoms with E-state index < -0.39 is 6.10 Å². The van der Waals surface area contributed by atoms with Crippen LogP contribution in [0.2, 0.25) is 10.2 Å². The van der Waals surface area contributed by atoms with Gasteiger partial charge in [0, 0.05) is 31.9 Å².